The van der Waals surface area contributed by atoms with E-state index < -0.39 is 35.3 Å². The lowest BCUT2D eigenvalue weighted by Crippen LogP contribution is -2.37. The van der Waals surface area contributed by atoms with Gasteiger partial charge >= 0.3 is 18.4 Å². The molecule has 1 aromatic carbocycles. The molecule has 5 nitrogen and oxygen atoms in total. The first-order chi connectivity index (χ1) is 16.1. The SMILES string of the molecule is CC(C)(C)OC(=O)N1CCC[C@@H](n2c3ccc(C(F)(F)F)cc3c3nc(C(F)(F)F)ccc32)CC1. The highest BCUT2D eigenvalue weighted by atomic mass is 19.4. The van der Waals surface area contributed by atoms with E-state index in [-0.39, 0.29) is 16.9 Å². The van der Waals surface area contributed by atoms with Crippen LogP contribution in [0.4, 0.5) is 31.1 Å². The summed E-state index contributed by atoms with van der Waals surface area (Å²) in [6.07, 6.45) is -8.20. The number of hydrogen-bond acceptors (Lipinski definition) is 3. The van der Waals surface area contributed by atoms with E-state index >= 15 is 0 Å². The van der Waals surface area contributed by atoms with Crippen molar-refractivity contribution in [1.29, 1.82) is 0 Å². The van der Waals surface area contributed by atoms with Crippen molar-refractivity contribution < 1.29 is 35.9 Å². The van der Waals surface area contributed by atoms with Gasteiger partial charge in [0.15, 0.2) is 0 Å². The van der Waals surface area contributed by atoms with Gasteiger partial charge in [0.05, 0.1) is 22.1 Å². The van der Waals surface area contributed by atoms with Crippen LogP contribution in [0.5, 0.6) is 0 Å². The number of carbonyl (C=O) groups excluding carboxylic acids is 1. The first-order valence-corrected chi connectivity index (χ1v) is 11.2. The number of carbonyl (C=O) groups is 1. The van der Waals surface area contributed by atoms with Crippen LogP contribution in [0.15, 0.2) is 30.3 Å². The molecule has 11 heteroatoms. The molecule has 0 spiro atoms. The number of nitrogens with zero attached hydrogens (tertiary/aromatic N) is 3. The van der Waals surface area contributed by atoms with Crippen LogP contribution in [0.2, 0.25) is 0 Å². The zero-order valence-corrected chi connectivity index (χ0v) is 19.4. The number of fused-ring (bicyclic) bond motifs is 3. The maximum atomic E-state index is 13.4. The molecule has 1 aliphatic rings. The number of aromatic nitrogens is 2. The van der Waals surface area contributed by atoms with Crippen molar-refractivity contribution in [2.75, 3.05) is 13.1 Å². The molecule has 3 aromatic rings. The third-order valence-electron chi connectivity index (χ3n) is 5.98. The molecular formula is C24H25F6N3O2. The van der Waals surface area contributed by atoms with E-state index in [9.17, 15) is 31.1 Å². The molecule has 3 heterocycles. The molecule has 0 radical (unpaired) electrons. The summed E-state index contributed by atoms with van der Waals surface area (Å²) in [6, 6.07) is 4.90. The first-order valence-electron chi connectivity index (χ1n) is 11.2. The molecule has 0 unspecified atom stereocenters. The lowest BCUT2D eigenvalue weighted by molar-refractivity contribution is -0.141. The molecular weight excluding hydrogens is 476 g/mol. The molecule has 0 N–H and O–H groups in total. The first kappa shape index (κ1) is 25.1. The Hall–Kier alpha value is -2.98. The van der Waals surface area contributed by atoms with Crippen molar-refractivity contribution in [2.45, 2.75) is 64.0 Å². The normalized spacial score (nSPS) is 18.2. The Bertz CT molecular complexity index is 1190. The van der Waals surface area contributed by atoms with Gasteiger partial charge in [-0.15, -0.1) is 0 Å². The van der Waals surface area contributed by atoms with Gasteiger partial charge in [0.25, 0.3) is 0 Å². The Kier molecular flexibility index (Phi) is 6.17. The minimum Gasteiger partial charge on any atom is -0.444 e. The number of amides is 1. The largest absolute Gasteiger partial charge is 0.444 e. The van der Waals surface area contributed by atoms with Gasteiger partial charge in [-0.25, -0.2) is 9.78 Å². The highest BCUT2D eigenvalue weighted by Gasteiger charge is 2.35. The Balaban J connectivity index is 1.78. The summed E-state index contributed by atoms with van der Waals surface area (Å²) in [7, 11) is 0. The number of hydrogen-bond donors (Lipinski definition) is 0. The van der Waals surface area contributed by atoms with Crippen molar-refractivity contribution >= 4 is 28.0 Å². The predicted octanol–water partition coefficient (Wildman–Crippen LogP) is 7.19. The second-order valence-corrected chi connectivity index (χ2v) is 9.71. The van der Waals surface area contributed by atoms with E-state index in [1.165, 1.54) is 12.1 Å². The standard InChI is InChI=1S/C24H25F6N3O2/c1-22(2,3)35-21(34)32-11-4-5-15(10-12-32)33-17-7-6-14(23(25,26)27)13-16(17)20-18(33)8-9-19(31-20)24(28,29)30/h6-9,13,15H,4-5,10-12H2,1-3H3/t15-/m1/s1. The summed E-state index contributed by atoms with van der Waals surface area (Å²) in [5, 5.41) is 0.00849. The van der Waals surface area contributed by atoms with Crippen molar-refractivity contribution in [3.63, 3.8) is 0 Å². The monoisotopic (exact) mass is 501 g/mol. The topological polar surface area (TPSA) is 47.4 Å². The van der Waals surface area contributed by atoms with Crippen LogP contribution in [-0.2, 0) is 17.1 Å². The third-order valence-corrected chi connectivity index (χ3v) is 5.98. The summed E-state index contributed by atoms with van der Waals surface area (Å²) in [5.74, 6) is 0. The van der Waals surface area contributed by atoms with Crippen LogP contribution in [0.3, 0.4) is 0 Å². The summed E-state index contributed by atoms with van der Waals surface area (Å²) in [5.41, 5.74) is -2.22. The summed E-state index contributed by atoms with van der Waals surface area (Å²) >= 11 is 0. The molecule has 1 atom stereocenters. The second kappa shape index (κ2) is 8.60. The predicted molar refractivity (Wildman–Crippen MR) is 118 cm³/mol. The fourth-order valence-electron chi connectivity index (χ4n) is 4.48. The maximum absolute atomic E-state index is 13.4. The lowest BCUT2D eigenvalue weighted by Gasteiger charge is -2.26. The number of rotatable bonds is 1. The van der Waals surface area contributed by atoms with Crippen LogP contribution >= 0.6 is 0 Å². The zero-order valence-electron chi connectivity index (χ0n) is 19.4. The van der Waals surface area contributed by atoms with Gasteiger partial charge in [0.1, 0.15) is 11.3 Å². The van der Waals surface area contributed by atoms with Crippen molar-refractivity contribution in [1.82, 2.24) is 14.5 Å². The molecule has 0 bridgehead atoms. The maximum Gasteiger partial charge on any atom is 0.433 e. The van der Waals surface area contributed by atoms with Crippen LogP contribution in [0.1, 0.15) is 57.3 Å². The molecule has 1 saturated heterocycles. The highest BCUT2D eigenvalue weighted by molar-refractivity contribution is 6.06. The molecule has 0 aliphatic carbocycles. The van der Waals surface area contributed by atoms with Gasteiger partial charge < -0.3 is 14.2 Å². The number of halogens is 6. The van der Waals surface area contributed by atoms with Gasteiger partial charge in [-0.05, 0) is 70.4 Å². The van der Waals surface area contributed by atoms with Crippen LogP contribution in [0.25, 0.3) is 21.9 Å². The van der Waals surface area contributed by atoms with E-state index in [1.807, 2.05) is 0 Å². The summed E-state index contributed by atoms with van der Waals surface area (Å²) in [6.45, 7) is 6.08. The molecule has 1 amide bonds. The van der Waals surface area contributed by atoms with E-state index in [0.717, 1.165) is 18.2 Å². The lowest BCUT2D eigenvalue weighted by atomic mass is 10.1. The quantitative estimate of drug-likeness (QED) is 0.332. The Labute approximate surface area is 197 Å². The van der Waals surface area contributed by atoms with E-state index in [2.05, 4.69) is 4.98 Å². The zero-order chi connectivity index (χ0) is 25.8. The third kappa shape index (κ3) is 5.18. The van der Waals surface area contributed by atoms with E-state index in [0.29, 0.717) is 43.4 Å². The van der Waals surface area contributed by atoms with E-state index in [4.69, 9.17) is 4.74 Å². The average molecular weight is 501 g/mol. The summed E-state index contributed by atoms with van der Waals surface area (Å²) < 4.78 is 87.4. The Morgan fingerprint density at radius 3 is 2.26 bits per heavy atom. The van der Waals surface area contributed by atoms with Crippen molar-refractivity contribution in [3.05, 3.63) is 41.6 Å². The smallest absolute Gasteiger partial charge is 0.433 e. The molecule has 1 aliphatic heterocycles. The fourth-order valence-corrected chi connectivity index (χ4v) is 4.48. The molecule has 190 valence electrons. The molecule has 2 aromatic heterocycles. The van der Waals surface area contributed by atoms with Gasteiger partial charge in [0.2, 0.25) is 0 Å². The van der Waals surface area contributed by atoms with Crippen LogP contribution < -0.4 is 0 Å². The molecule has 0 saturated carbocycles. The molecule has 4 rings (SSSR count). The number of pyridine rings is 1. The van der Waals surface area contributed by atoms with Gasteiger partial charge in [0, 0.05) is 24.5 Å². The van der Waals surface area contributed by atoms with Crippen molar-refractivity contribution in [3.8, 4) is 0 Å². The molecule has 35 heavy (non-hydrogen) atoms. The van der Waals surface area contributed by atoms with Gasteiger partial charge in [-0.2, -0.15) is 26.3 Å². The number of ether oxygens (including phenoxy) is 1. The van der Waals surface area contributed by atoms with Crippen molar-refractivity contribution in [2.24, 2.45) is 0 Å². The van der Waals surface area contributed by atoms with E-state index in [1.54, 1.807) is 30.2 Å². The number of alkyl halides is 6. The van der Waals surface area contributed by atoms with Gasteiger partial charge in [-0.3, -0.25) is 0 Å². The van der Waals surface area contributed by atoms with Crippen LogP contribution in [0, 0.1) is 0 Å². The minimum atomic E-state index is -4.74. The minimum absolute atomic E-state index is 0.00849. The Morgan fingerprint density at radius 1 is 0.943 bits per heavy atom. The Morgan fingerprint density at radius 2 is 1.63 bits per heavy atom. The highest BCUT2D eigenvalue weighted by Crippen LogP contribution is 2.40. The average Bonchev–Trinajstić information content (AvgIpc) is 2.87. The van der Waals surface area contributed by atoms with Crippen LogP contribution in [-0.4, -0.2) is 39.2 Å². The summed E-state index contributed by atoms with van der Waals surface area (Å²) in [4.78, 5) is 17.8. The number of benzene rings is 1. The molecule has 1 fully saturated rings. The number of likely N-dealkylation sites (tertiary alicyclic amines) is 1. The van der Waals surface area contributed by atoms with Gasteiger partial charge in [-0.1, -0.05) is 0 Å². The second-order valence-electron chi connectivity index (χ2n) is 9.71. The fraction of sp³-hybridized carbons (Fsp3) is 0.500.